The molecule has 1 fully saturated rings. The van der Waals surface area contributed by atoms with Gasteiger partial charge in [-0.15, -0.1) is 11.8 Å². The summed E-state index contributed by atoms with van der Waals surface area (Å²) in [6.07, 6.45) is 0.686. The van der Waals surface area contributed by atoms with Crippen LogP contribution in [0.2, 0.25) is 0 Å². The average molecular weight is 454 g/mol. The van der Waals surface area contributed by atoms with Gasteiger partial charge >= 0.3 is 0 Å². The van der Waals surface area contributed by atoms with Crippen molar-refractivity contribution in [3.05, 3.63) is 0 Å². The molecule has 0 spiro atoms. The number of aliphatic hydroxyl groups excluding tert-OH is 1. The van der Waals surface area contributed by atoms with Crippen molar-refractivity contribution in [2.24, 2.45) is 0 Å². The molecule has 0 aromatic heterocycles. The molecule has 1 saturated heterocycles. The highest BCUT2D eigenvalue weighted by atomic mass is 32.2. The van der Waals surface area contributed by atoms with E-state index in [0.29, 0.717) is 25.1 Å². The number of amides is 1. The molecule has 0 saturated carbocycles. The lowest BCUT2D eigenvalue weighted by molar-refractivity contribution is -0.326. The Balaban J connectivity index is 0. The summed E-state index contributed by atoms with van der Waals surface area (Å²) in [6, 6.07) is 0. The molecule has 0 bridgehead atoms. The molecule has 0 radical (unpaired) electrons. The summed E-state index contributed by atoms with van der Waals surface area (Å²) in [5.74, 6) is 0.320. The van der Waals surface area contributed by atoms with Gasteiger partial charge in [-0.1, -0.05) is 21.8 Å². The van der Waals surface area contributed by atoms with Gasteiger partial charge in [0.1, 0.15) is 34.1 Å². The standard InChI is InChI=1S/C19H35NO7S.2CH4/c1-6-13(22)11-15(23)20(5)9-7-8-10-28-16-18(3,25)19(4,26)17(2,24)14(12-21)27-16;;/h14,16,21,24-26H,6-12H2,1-5H3;2*1H4. The number of hydrogen-bond acceptors (Lipinski definition) is 8. The van der Waals surface area contributed by atoms with Crippen LogP contribution in [0.15, 0.2) is 0 Å². The Morgan fingerprint density at radius 1 is 1.07 bits per heavy atom. The van der Waals surface area contributed by atoms with Gasteiger partial charge in [0, 0.05) is 20.0 Å². The third-order valence-electron chi connectivity index (χ3n) is 5.84. The van der Waals surface area contributed by atoms with Crippen LogP contribution >= 0.6 is 11.8 Å². The fourth-order valence-corrected chi connectivity index (χ4v) is 4.44. The van der Waals surface area contributed by atoms with E-state index in [4.69, 9.17) is 4.74 Å². The molecular weight excluding hydrogens is 410 g/mol. The largest absolute Gasteiger partial charge is 0.394 e. The van der Waals surface area contributed by atoms with E-state index >= 15 is 0 Å². The highest BCUT2D eigenvalue weighted by Crippen LogP contribution is 2.47. The normalized spacial score (nSPS) is 33.2. The zero-order valence-electron chi connectivity index (χ0n) is 17.5. The van der Waals surface area contributed by atoms with Gasteiger partial charge in [0.05, 0.1) is 13.0 Å². The van der Waals surface area contributed by atoms with Gasteiger partial charge in [0.2, 0.25) is 5.91 Å². The minimum absolute atomic E-state index is 0. The Morgan fingerprint density at radius 2 is 1.63 bits per heavy atom. The maximum absolute atomic E-state index is 11.9. The van der Waals surface area contributed by atoms with E-state index in [1.807, 2.05) is 0 Å². The Bertz CT molecular complexity index is 551. The molecule has 0 aliphatic carbocycles. The van der Waals surface area contributed by atoms with Gasteiger partial charge in [0.15, 0.2) is 0 Å². The molecule has 5 unspecified atom stereocenters. The van der Waals surface area contributed by atoms with Crippen LogP contribution in [0.1, 0.15) is 68.2 Å². The summed E-state index contributed by atoms with van der Waals surface area (Å²) < 4.78 is 5.67. The summed E-state index contributed by atoms with van der Waals surface area (Å²) in [5.41, 5.74) is -6.27. The van der Waals surface area contributed by atoms with Crippen LogP contribution in [0.3, 0.4) is 0 Å². The third-order valence-corrected chi connectivity index (χ3v) is 7.23. The molecule has 4 N–H and O–H groups in total. The predicted molar refractivity (Wildman–Crippen MR) is 120 cm³/mol. The van der Waals surface area contributed by atoms with Crippen LogP contribution in [0, 0.1) is 0 Å². The number of unbranched alkanes of at least 4 members (excludes halogenated alkanes) is 1. The van der Waals surface area contributed by atoms with E-state index in [2.05, 4.69) is 0 Å². The molecular formula is C21H43NO7S. The first-order valence-electron chi connectivity index (χ1n) is 9.63. The van der Waals surface area contributed by atoms with E-state index in [-0.39, 0.29) is 33.0 Å². The van der Waals surface area contributed by atoms with Crippen molar-refractivity contribution < 1.29 is 34.8 Å². The summed E-state index contributed by atoms with van der Waals surface area (Å²) in [7, 11) is 1.67. The molecule has 9 heteroatoms. The maximum atomic E-state index is 11.9. The van der Waals surface area contributed by atoms with Crippen LogP contribution in [0.5, 0.6) is 0 Å². The highest BCUT2D eigenvalue weighted by Gasteiger charge is 2.65. The molecule has 1 rings (SSSR count). The molecule has 180 valence electrons. The number of Topliss-reactive ketones (excluding diaryl/α,β-unsaturated/α-hetero) is 1. The van der Waals surface area contributed by atoms with E-state index in [1.54, 1.807) is 14.0 Å². The minimum atomic E-state index is -1.89. The van der Waals surface area contributed by atoms with Crippen LogP contribution in [-0.4, -0.2) is 91.3 Å². The monoisotopic (exact) mass is 453 g/mol. The smallest absolute Gasteiger partial charge is 0.229 e. The molecule has 0 aromatic carbocycles. The van der Waals surface area contributed by atoms with Gasteiger partial charge in [-0.2, -0.15) is 0 Å². The molecule has 30 heavy (non-hydrogen) atoms. The number of ketones is 1. The van der Waals surface area contributed by atoms with Gasteiger partial charge in [-0.3, -0.25) is 9.59 Å². The number of ether oxygens (including phenoxy) is 1. The van der Waals surface area contributed by atoms with Crippen molar-refractivity contribution in [2.75, 3.05) is 26.0 Å². The summed E-state index contributed by atoms with van der Waals surface area (Å²) >= 11 is 1.29. The summed E-state index contributed by atoms with van der Waals surface area (Å²) in [4.78, 5) is 24.8. The summed E-state index contributed by atoms with van der Waals surface area (Å²) in [6.45, 7) is 5.84. The lowest BCUT2D eigenvalue weighted by Gasteiger charge is -2.57. The Morgan fingerprint density at radius 3 is 2.13 bits per heavy atom. The number of aliphatic hydroxyl groups is 4. The van der Waals surface area contributed by atoms with E-state index < -0.39 is 34.9 Å². The zero-order valence-corrected chi connectivity index (χ0v) is 18.3. The number of carbonyl (C=O) groups excluding carboxylic acids is 2. The van der Waals surface area contributed by atoms with Crippen LogP contribution < -0.4 is 0 Å². The quantitative estimate of drug-likeness (QED) is 0.290. The fraction of sp³-hybridized carbons (Fsp3) is 0.905. The topological polar surface area (TPSA) is 128 Å². The van der Waals surface area contributed by atoms with Crippen molar-refractivity contribution in [1.82, 2.24) is 4.90 Å². The number of hydrogen-bond donors (Lipinski definition) is 4. The second-order valence-electron chi connectivity index (χ2n) is 7.97. The first-order valence-corrected chi connectivity index (χ1v) is 10.7. The van der Waals surface area contributed by atoms with Crippen LogP contribution in [0.25, 0.3) is 0 Å². The SMILES string of the molecule is C.C.CCC(=O)CC(=O)N(C)CCCCSC1OC(CO)C(C)(O)C(C)(O)C1(C)O. The fourth-order valence-electron chi connectivity index (χ4n) is 3.09. The van der Waals surface area contributed by atoms with Gasteiger partial charge in [-0.05, 0) is 39.4 Å². The molecule has 1 heterocycles. The number of carbonyl (C=O) groups is 2. The van der Waals surface area contributed by atoms with E-state index in [0.717, 1.165) is 6.42 Å². The first-order chi connectivity index (χ1) is 12.8. The van der Waals surface area contributed by atoms with Crippen LogP contribution in [-0.2, 0) is 14.3 Å². The molecule has 1 aliphatic heterocycles. The number of nitrogens with zero attached hydrogens (tertiary/aromatic N) is 1. The second-order valence-corrected chi connectivity index (χ2v) is 9.14. The maximum Gasteiger partial charge on any atom is 0.229 e. The minimum Gasteiger partial charge on any atom is -0.394 e. The van der Waals surface area contributed by atoms with Crippen molar-refractivity contribution in [2.45, 2.75) is 96.6 Å². The van der Waals surface area contributed by atoms with Gasteiger partial charge in [-0.25, -0.2) is 0 Å². The summed E-state index contributed by atoms with van der Waals surface area (Å²) in [5, 5.41) is 41.6. The zero-order chi connectivity index (χ0) is 21.8. The second kappa shape index (κ2) is 12.4. The van der Waals surface area contributed by atoms with Crippen molar-refractivity contribution >= 4 is 23.5 Å². The molecule has 8 nitrogen and oxygen atoms in total. The predicted octanol–water partition coefficient (Wildman–Crippen LogP) is 1.57. The highest BCUT2D eigenvalue weighted by molar-refractivity contribution is 7.99. The molecule has 5 atom stereocenters. The van der Waals surface area contributed by atoms with Gasteiger partial charge < -0.3 is 30.1 Å². The Labute approximate surface area is 186 Å². The van der Waals surface area contributed by atoms with Crippen molar-refractivity contribution in [1.29, 1.82) is 0 Å². The molecule has 1 aliphatic rings. The lowest BCUT2D eigenvalue weighted by atomic mass is 9.69. The van der Waals surface area contributed by atoms with Crippen molar-refractivity contribution in [3.8, 4) is 0 Å². The number of thioether (sulfide) groups is 1. The number of rotatable bonds is 10. The molecule has 0 aromatic rings. The van der Waals surface area contributed by atoms with Crippen molar-refractivity contribution in [3.63, 3.8) is 0 Å². The molecule has 1 amide bonds. The van der Waals surface area contributed by atoms with E-state index in [1.165, 1.54) is 37.4 Å². The lowest BCUT2D eigenvalue weighted by Crippen LogP contribution is -2.76. The Kier molecular flexibility index (Phi) is 13.0. The average Bonchev–Trinajstić information content (AvgIpc) is 2.61. The third kappa shape index (κ3) is 6.64. The van der Waals surface area contributed by atoms with Gasteiger partial charge in [0.25, 0.3) is 0 Å². The Hall–Kier alpha value is -0.710. The first kappa shape index (κ1) is 31.5. The van der Waals surface area contributed by atoms with Crippen LogP contribution in [0.4, 0.5) is 0 Å². The van der Waals surface area contributed by atoms with E-state index in [9.17, 15) is 30.0 Å².